The van der Waals surface area contributed by atoms with E-state index in [4.69, 9.17) is 0 Å². The standard InChI is InChI=1S/C16H24BrNS/c1-11-5-4-6-13(9-11)19-14-7-8-15(12(2)18-3)16(17)10-14/h7-8,10-13,18H,4-6,9H2,1-3H3. The highest BCUT2D eigenvalue weighted by Crippen LogP contribution is 2.37. The lowest BCUT2D eigenvalue weighted by Crippen LogP contribution is -2.15. The quantitative estimate of drug-likeness (QED) is 0.786. The predicted molar refractivity (Wildman–Crippen MR) is 88.9 cm³/mol. The summed E-state index contributed by atoms with van der Waals surface area (Å²) >= 11 is 5.77. The van der Waals surface area contributed by atoms with Gasteiger partial charge in [-0.25, -0.2) is 0 Å². The van der Waals surface area contributed by atoms with Crippen LogP contribution in [0.2, 0.25) is 0 Å². The molecule has 0 heterocycles. The molecule has 3 unspecified atom stereocenters. The molecule has 0 aliphatic heterocycles. The highest BCUT2D eigenvalue weighted by molar-refractivity contribution is 9.10. The zero-order valence-corrected chi connectivity index (χ0v) is 14.5. The van der Waals surface area contributed by atoms with Crippen LogP contribution in [0, 0.1) is 5.92 Å². The van der Waals surface area contributed by atoms with Gasteiger partial charge in [0.2, 0.25) is 0 Å². The SMILES string of the molecule is CNC(C)c1ccc(SC2CCCC(C)C2)cc1Br. The third kappa shape index (κ3) is 4.24. The van der Waals surface area contributed by atoms with E-state index in [1.54, 1.807) is 0 Å². The summed E-state index contributed by atoms with van der Waals surface area (Å²) in [5.74, 6) is 0.901. The van der Waals surface area contributed by atoms with E-state index in [1.807, 2.05) is 7.05 Å². The molecule has 0 saturated heterocycles. The number of nitrogens with one attached hydrogen (secondary N) is 1. The van der Waals surface area contributed by atoms with Crippen molar-refractivity contribution in [1.82, 2.24) is 5.32 Å². The van der Waals surface area contributed by atoms with Gasteiger partial charge in [-0.2, -0.15) is 0 Å². The van der Waals surface area contributed by atoms with Crippen LogP contribution in [0.15, 0.2) is 27.6 Å². The Balaban J connectivity index is 2.03. The minimum atomic E-state index is 0.392. The molecule has 3 atom stereocenters. The van der Waals surface area contributed by atoms with Crippen molar-refractivity contribution in [3.63, 3.8) is 0 Å². The molecule has 3 heteroatoms. The Labute approximate surface area is 130 Å². The van der Waals surface area contributed by atoms with Gasteiger partial charge >= 0.3 is 0 Å². The summed E-state index contributed by atoms with van der Waals surface area (Å²) in [7, 11) is 2.00. The van der Waals surface area contributed by atoms with Gasteiger partial charge in [-0.05, 0) is 50.4 Å². The Morgan fingerprint density at radius 2 is 2.16 bits per heavy atom. The second-order valence-corrected chi connectivity index (χ2v) is 7.93. The molecule has 0 amide bonds. The molecule has 1 aliphatic rings. The second-order valence-electron chi connectivity index (χ2n) is 5.71. The first-order valence-corrected chi connectivity index (χ1v) is 8.90. The molecule has 1 saturated carbocycles. The van der Waals surface area contributed by atoms with E-state index in [9.17, 15) is 0 Å². The third-order valence-corrected chi connectivity index (χ3v) is 6.04. The first-order chi connectivity index (χ1) is 9.10. The summed E-state index contributed by atoms with van der Waals surface area (Å²) in [6.07, 6.45) is 5.56. The third-order valence-electron chi connectivity index (χ3n) is 4.06. The molecule has 1 aromatic carbocycles. The largest absolute Gasteiger partial charge is 0.313 e. The van der Waals surface area contributed by atoms with Crippen LogP contribution in [0.1, 0.15) is 51.1 Å². The van der Waals surface area contributed by atoms with Crippen LogP contribution in [0.3, 0.4) is 0 Å². The molecule has 1 nitrogen and oxygen atoms in total. The lowest BCUT2D eigenvalue weighted by molar-refractivity contribution is 0.394. The van der Waals surface area contributed by atoms with Gasteiger partial charge in [0.25, 0.3) is 0 Å². The minimum Gasteiger partial charge on any atom is -0.313 e. The van der Waals surface area contributed by atoms with Crippen molar-refractivity contribution in [2.75, 3.05) is 7.05 Å². The van der Waals surface area contributed by atoms with Crippen LogP contribution >= 0.6 is 27.7 Å². The van der Waals surface area contributed by atoms with Crippen molar-refractivity contribution in [2.45, 2.75) is 55.7 Å². The van der Waals surface area contributed by atoms with Gasteiger partial charge < -0.3 is 5.32 Å². The fourth-order valence-electron chi connectivity index (χ4n) is 2.77. The lowest BCUT2D eigenvalue weighted by Gasteiger charge is -2.26. The topological polar surface area (TPSA) is 12.0 Å². The number of thioether (sulfide) groups is 1. The molecule has 0 bridgehead atoms. The van der Waals surface area contributed by atoms with Crippen LogP contribution < -0.4 is 5.32 Å². The van der Waals surface area contributed by atoms with Crippen LogP contribution in [-0.4, -0.2) is 12.3 Å². The molecular weight excluding hydrogens is 318 g/mol. The fourth-order valence-corrected chi connectivity index (χ4v) is 5.07. The van der Waals surface area contributed by atoms with Gasteiger partial charge in [0.05, 0.1) is 0 Å². The van der Waals surface area contributed by atoms with Gasteiger partial charge in [0.15, 0.2) is 0 Å². The zero-order valence-electron chi connectivity index (χ0n) is 12.1. The second kappa shape index (κ2) is 7.14. The average molecular weight is 342 g/mol. The smallest absolute Gasteiger partial charge is 0.0300 e. The summed E-state index contributed by atoms with van der Waals surface area (Å²) in [5.41, 5.74) is 1.34. The molecule has 1 aromatic rings. The molecule has 0 spiro atoms. The van der Waals surface area contributed by atoms with Crippen molar-refractivity contribution in [3.8, 4) is 0 Å². The van der Waals surface area contributed by atoms with Crippen LogP contribution in [0.5, 0.6) is 0 Å². The average Bonchev–Trinajstić information content (AvgIpc) is 2.38. The van der Waals surface area contributed by atoms with Gasteiger partial charge in [0, 0.05) is 20.7 Å². The molecule has 1 fully saturated rings. The van der Waals surface area contributed by atoms with E-state index < -0.39 is 0 Å². The highest BCUT2D eigenvalue weighted by Gasteiger charge is 2.20. The number of rotatable bonds is 4. The van der Waals surface area contributed by atoms with Crippen molar-refractivity contribution >= 4 is 27.7 Å². The lowest BCUT2D eigenvalue weighted by atomic mass is 9.91. The molecule has 19 heavy (non-hydrogen) atoms. The maximum atomic E-state index is 3.71. The van der Waals surface area contributed by atoms with Gasteiger partial charge in [-0.1, -0.05) is 41.8 Å². The number of hydrogen-bond donors (Lipinski definition) is 1. The summed E-state index contributed by atoms with van der Waals surface area (Å²) in [4.78, 5) is 1.40. The monoisotopic (exact) mass is 341 g/mol. The number of hydrogen-bond acceptors (Lipinski definition) is 2. The zero-order chi connectivity index (χ0) is 13.8. The fraction of sp³-hybridized carbons (Fsp3) is 0.625. The Kier molecular flexibility index (Phi) is 5.79. The summed E-state index contributed by atoms with van der Waals surface area (Å²) in [5, 5.41) is 4.10. The van der Waals surface area contributed by atoms with Crippen LogP contribution in [0.4, 0.5) is 0 Å². The van der Waals surface area contributed by atoms with Crippen molar-refractivity contribution in [2.24, 2.45) is 5.92 Å². The number of benzene rings is 1. The van der Waals surface area contributed by atoms with E-state index in [0.29, 0.717) is 6.04 Å². The Bertz CT molecular complexity index is 421. The summed E-state index contributed by atoms with van der Waals surface area (Å²) in [6.45, 7) is 4.58. The predicted octanol–water partition coefficient (Wildman–Crippen LogP) is 5.40. The van der Waals surface area contributed by atoms with Crippen LogP contribution in [-0.2, 0) is 0 Å². The van der Waals surface area contributed by atoms with Crippen molar-refractivity contribution in [3.05, 3.63) is 28.2 Å². The molecule has 106 valence electrons. The normalized spacial score (nSPS) is 25.3. The van der Waals surface area contributed by atoms with E-state index in [2.05, 4.69) is 65.1 Å². The maximum absolute atomic E-state index is 3.71. The maximum Gasteiger partial charge on any atom is 0.0300 e. The summed E-state index contributed by atoms with van der Waals surface area (Å²) in [6, 6.07) is 7.20. The first kappa shape index (κ1) is 15.4. The molecule has 2 rings (SSSR count). The highest BCUT2D eigenvalue weighted by atomic mass is 79.9. The van der Waals surface area contributed by atoms with E-state index >= 15 is 0 Å². The Morgan fingerprint density at radius 3 is 2.79 bits per heavy atom. The Hall–Kier alpha value is 0.01000. The number of halogens is 1. The molecule has 0 radical (unpaired) electrons. The van der Waals surface area contributed by atoms with Gasteiger partial charge in [0.1, 0.15) is 0 Å². The van der Waals surface area contributed by atoms with E-state index in [1.165, 1.54) is 40.6 Å². The van der Waals surface area contributed by atoms with E-state index in [-0.39, 0.29) is 0 Å². The van der Waals surface area contributed by atoms with Crippen molar-refractivity contribution in [1.29, 1.82) is 0 Å². The van der Waals surface area contributed by atoms with E-state index in [0.717, 1.165) is 11.2 Å². The minimum absolute atomic E-state index is 0.392. The first-order valence-electron chi connectivity index (χ1n) is 7.23. The molecule has 1 N–H and O–H groups in total. The van der Waals surface area contributed by atoms with Crippen LogP contribution in [0.25, 0.3) is 0 Å². The van der Waals surface area contributed by atoms with Gasteiger partial charge in [-0.15, -0.1) is 11.8 Å². The Morgan fingerprint density at radius 1 is 1.37 bits per heavy atom. The molecule has 0 aromatic heterocycles. The van der Waals surface area contributed by atoms with Gasteiger partial charge in [-0.3, -0.25) is 0 Å². The molecule has 1 aliphatic carbocycles. The molecular formula is C16H24BrNS. The summed E-state index contributed by atoms with van der Waals surface area (Å²) < 4.78 is 1.23. The van der Waals surface area contributed by atoms with Crippen molar-refractivity contribution < 1.29 is 0 Å².